The molecule has 0 saturated heterocycles. The molecule has 2 rings (SSSR count). The number of hydrogen-bond acceptors (Lipinski definition) is 5. The number of nitrogens with one attached hydrogen (secondary N) is 1. The lowest BCUT2D eigenvalue weighted by Crippen LogP contribution is -2.21. The van der Waals surface area contributed by atoms with Crippen molar-refractivity contribution >= 4 is 40.9 Å². The number of carbonyl (C=O) groups excluding carboxylic acids is 2. The smallest absolute Gasteiger partial charge is 0.340 e. The van der Waals surface area contributed by atoms with Gasteiger partial charge >= 0.3 is 5.97 Å². The highest BCUT2D eigenvalue weighted by Gasteiger charge is 2.16. The molecule has 0 spiro atoms. The fourth-order valence-electron chi connectivity index (χ4n) is 2.13. The zero-order valence-corrected chi connectivity index (χ0v) is 15.4. The number of thioether (sulfide) groups is 1. The van der Waals surface area contributed by atoms with Gasteiger partial charge in [-0.15, -0.1) is 11.8 Å². The van der Waals surface area contributed by atoms with Gasteiger partial charge in [-0.25, -0.2) is 4.79 Å². The van der Waals surface area contributed by atoms with Gasteiger partial charge in [0.15, 0.2) is 6.61 Å². The minimum Gasteiger partial charge on any atom is -0.452 e. The maximum Gasteiger partial charge on any atom is 0.340 e. The molecule has 0 atom stereocenters. The Labute approximate surface area is 149 Å². The zero-order chi connectivity index (χ0) is 17.9. The van der Waals surface area contributed by atoms with Crippen molar-refractivity contribution in [2.75, 3.05) is 18.2 Å². The molecule has 6 nitrogen and oxygen atoms in total. The normalized spacial score (nSPS) is 10.5. The third kappa shape index (κ3) is 4.10. The highest BCUT2D eigenvalue weighted by molar-refractivity contribution is 7.98. The number of anilines is 1. The van der Waals surface area contributed by atoms with E-state index in [-0.39, 0.29) is 10.6 Å². The highest BCUT2D eigenvalue weighted by atomic mass is 35.5. The maximum absolute atomic E-state index is 12.1. The van der Waals surface area contributed by atoms with Gasteiger partial charge in [0.1, 0.15) is 0 Å². The van der Waals surface area contributed by atoms with Crippen LogP contribution in [0.2, 0.25) is 5.02 Å². The van der Waals surface area contributed by atoms with Crippen LogP contribution >= 0.6 is 23.4 Å². The van der Waals surface area contributed by atoms with E-state index in [9.17, 15) is 9.59 Å². The number of rotatable bonds is 5. The summed E-state index contributed by atoms with van der Waals surface area (Å²) >= 11 is 7.50. The molecule has 0 bridgehead atoms. The van der Waals surface area contributed by atoms with E-state index < -0.39 is 18.5 Å². The summed E-state index contributed by atoms with van der Waals surface area (Å²) < 4.78 is 6.73. The van der Waals surface area contributed by atoms with E-state index in [0.29, 0.717) is 11.4 Å². The highest BCUT2D eigenvalue weighted by Crippen LogP contribution is 2.24. The number of amides is 1. The molecule has 128 valence electrons. The lowest BCUT2D eigenvalue weighted by atomic mass is 10.2. The summed E-state index contributed by atoms with van der Waals surface area (Å²) in [4.78, 5) is 25.0. The van der Waals surface area contributed by atoms with Gasteiger partial charge in [0.25, 0.3) is 5.91 Å². The van der Waals surface area contributed by atoms with Gasteiger partial charge in [-0.2, -0.15) is 5.10 Å². The van der Waals surface area contributed by atoms with Crippen molar-refractivity contribution < 1.29 is 14.3 Å². The van der Waals surface area contributed by atoms with Gasteiger partial charge < -0.3 is 10.1 Å². The number of nitrogens with zero attached hydrogens (tertiary/aromatic N) is 2. The number of aryl methyl sites for hydroxylation is 2. The predicted octanol–water partition coefficient (Wildman–Crippen LogP) is 3.21. The average molecular weight is 368 g/mol. The Kier molecular flexibility index (Phi) is 5.90. The van der Waals surface area contributed by atoms with Crippen molar-refractivity contribution in [1.82, 2.24) is 9.78 Å². The number of halogens is 1. The Balaban J connectivity index is 2.00. The van der Waals surface area contributed by atoms with Crippen LogP contribution in [0.4, 0.5) is 5.69 Å². The summed E-state index contributed by atoms with van der Waals surface area (Å²) in [6.07, 6.45) is 1.89. The maximum atomic E-state index is 12.1. The second-order valence-corrected chi connectivity index (χ2v) is 6.43. The molecule has 0 radical (unpaired) electrons. The van der Waals surface area contributed by atoms with Crippen LogP contribution in [0.1, 0.15) is 21.7 Å². The van der Waals surface area contributed by atoms with Gasteiger partial charge in [0, 0.05) is 11.9 Å². The van der Waals surface area contributed by atoms with E-state index >= 15 is 0 Å². The van der Waals surface area contributed by atoms with Crippen LogP contribution in [0.5, 0.6) is 0 Å². The summed E-state index contributed by atoms with van der Waals surface area (Å²) in [7, 11) is 1.79. The standard InChI is InChI=1S/C16H18ClN3O3S/c1-9-15(10(2)20(3)19-9)18-14(21)8-23-16(22)12-7-11(24-4)5-6-13(12)17/h5-7H,8H2,1-4H3,(H,18,21). The molecule has 1 heterocycles. The molecular formula is C16H18ClN3O3S. The SMILES string of the molecule is CSc1ccc(Cl)c(C(=O)OCC(=O)Nc2c(C)nn(C)c2C)c1. The van der Waals surface area contributed by atoms with Gasteiger partial charge in [-0.05, 0) is 38.3 Å². The molecule has 1 aromatic carbocycles. The predicted molar refractivity (Wildman–Crippen MR) is 94.8 cm³/mol. The molecule has 1 amide bonds. The summed E-state index contributed by atoms with van der Waals surface area (Å²) in [6.45, 7) is 3.24. The van der Waals surface area contributed by atoms with E-state index in [0.717, 1.165) is 10.6 Å². The van der Waals surface area contributed by atoms with Gasteiger partial charge in [-0.1, -0.05) is 11.6 Å². The Hall–Kier alpha value is -1.99. The fraction of sp³-hybridized carbons (Fsp3) is 0.312. The lowest BCUT2D eigenvalue weighted by molar-refractivity contribution is -0.119. The topological polar surface area (TPSA) is 73.2 Å². The van der Waals surface area contributed by atoms with Crippen LogP contribution < -0.4 is 5.32 Å². The molecule has 0 aliphatic rings. The van der Waals surface area contributed by atoms with Gasteiger partial charge in [-0.3, -0.25) is 9.48 Å². The van der Waals surface area contributed by atoms with Gasteiger partial charge in [0.05, 0.1) is 27.7 Å². The first-order chi connectivity index (χ1) is 11.3. The molecule has 24 heavy (non-hydrogen) atoms. The van der Waals surface area contributed by atoms with Crippen LogP contribution in [-0.4, -0.2) is 34.5 Å². The molecule has 0 aliphatic heterocycles. The van der Waals surface area contributed by atoms with Crippen molar-refractivity contribution in [3.05, 3.63) is 40.2 Å². The Morgan fingerprint density at radius 1 is 1.38 bits per heavy atom. The van der Waals surface area contributed by atoms with Crippen LogP contribution in [0.3, 0.4) is 0 Å². The minimum absolute atomic E-state index is 0.241. The number of esters is 1. The Bertz CT molecular complexity index is 789. The number of benzene rings is 1. The molecule has 1 N–H and O–H groups in total. The van der Waals surface area contributed by atoms with Crippen LogP contribution in [0, 0.1) is 13.8 Å². The fourth-order valence-corrected chi connectivity index (χ4v) is 2.76. The largest absolute Gasteiger partial charge is 0.452 e. The van der Waals surface area contributed by atoms with Crippen molar-refractivity contribution in [3.63, 3.8) is 0 Å². The Morgan fingerprint density at radius 3 is 2.67 bits per heavy atom. The molecule has 0 saturated carbocycles. The van der Waals surface area contributed by atoms with E-state index in [4.69, 9.17) is 16.3 Å². The Morgan fingerprint density at radius 2 is 2.08 bits per heavy atom. The quantitative estimate of drug-likeness (QED) is 0.649. The molecule has 0 unspecified atom stereocenters. The van der Waals surface area contributed by atoms with Crippen molar-refractivity contribution in [2.45, 2.75) is 18.7 Å². The number of hydrogen-bond donors (Lipinski definition) is 1. The monoisotopic (exact) mass is 367 g/mol. The second kappa shape index (κ2) is 7.72. The van der Waals surface area contributed by atoms with Gasteiger partial charge in [0.2, 0.25) is 0 Å². The third-order valence-electron chi connectivity index (χ3n) is 3.50. The summed E-state index contributed by atoms with van der Waals surface area (Å²) in [6, 6.07) is 5.08. The second-order valence-electron chi connectivity index (χ2n) is 5.14. The molecule has 0 fully saturated rings. The first kappa shape index (κ1) is 18.4. The summed E-state index contributed by atoms with van der Waals surface area (Å²) in [5.74, 6) is -1.06. The van der Waals surface area contributed by atoms with Crippen molar-refractivity contribution in [3.8, 4) is 0 Å². The van der Waals surface area contributed by atoms with E-state index in [1.165, 1.54) is 11.8 Å². The summed E-state index contributed by atoms with van der Waals surface area (Å²) in [5, 5.41) is 7.21. The molecular weight excluding hydrogens is 350 g/mol. The number of aromatic nitrogens is 2. The molecule has 2 aromatic rings. The number of ether oxygens (including phenoxy) is 1. The van der Waals surface area contributed by atoms with Crippen LogP contribution in [0.25, 0.3) is 0 Å². The third-order valence-corrected chi connectivity index (χ3v) is 4.56. The van der Waals surface area contributed by atoms with E-state index in [1.54, 1.807) is 30.8 Å². The van der Waals surface area contributed by atoms with Crippen molar-refractivity contribution in [1.29, 1.82) is 0 Å². The van der Waals surface area contributed by atoms with Crippen LogP contribution in [0.15, 0.2) is 23.1 Å². The first-order valence-electron chi connectivity index (χ1n) is 7.14. The van der Waals surface area contributed by atoms with E-state index in [1.807, 2.05) is 19.2 Å². The minimum atomic E-state index is -0.634. The van der Waals surface area contributed by atoms with Crippen molar-refractivity contribution in [2.24, 2.45) is 7.05 Å². The molecule has 1 aromatic heterocycles. The average Bonchev–Trinajstić information content (AvgIpc) is 2.79. The summed E-state index contributed by atoms with van der Waals surface area (Å²) in [5.41, 5.74) is 2.39. The lowest BCUT2D eigenvalue weighted by Gasteiger charge is -2.08. The zero-order valence-electron chi connectivity index (χ0n) is 13.8. The molecule has 0 aliphatic carbocycles. The first-order valence-corrected chi connectivity index (χ1v) is 8.74. The molecule has 8 heteroatoms. The number of carbonyl (C=O) groups is 2. The van der Waals surface area contributed by atoms with Crippen LogP contribution in [-0.2, 0) is 16.6 Å². The van der Waals surface area contributed by atoms with E-state index in [2.05, 4.69) is 10.4 Å².